The van der Waals surface area contributed by atoms with Crippen molar-refractivity contribution in [2.45, 2.75) is 31.5 Å². The van der Waals surface area contributed by atoms with Gasteiger partial charge in [-0.3, -0.25) is 0 Å². The maximum Gasteiger partial charge on any atom is 0.0448 e. The fraction of sp³-hybridized carbons (Fsp3) is 0.600. The van der Waals surface area contributed by atoms with Gasteiger partial charge in [0.05, 0.1) is 0 Å². The Balaban J connectivity index is 2.73. The molecule has 0 radical (unpaired) electrons. The van der Waals surface area contributed by atoms with Gasteiger partial charge >= 0.3 is 0 Å². The molecule has 0 aromatic carbocycles. The average Bonchev–Trinajstić information content (AvgIpc) is 1.85. The largest absolute Gasteiger partial charge is 0.0807 e. The third-order valence-corrected chi connectivity index (χ3v) is 2.59. The summed E-state index contributed by atoms with van der Waals surface area (Å²) in [6.07, 6.45) is 7.72. The minimum Gasteiger partial charge on any atom is -0.0807 e. The van der Waals surface area contributed by atoms with Gasteiger partial charge in [0.25, 0.3) is 0 Å². The van der Waals surface area contributed by atoms with Crippen molar-refractivity contribution < 1.29 is 0 Å². The van der Waals surface area contributed by atoms with Crippen molar-refractivity contribution in [3.8, 4) is 0 Å². The summed E-state index contributed by atoms with van der Waals surface area (Å²) >= 11 is 3.67. The summed E-state index contributed by atoms with van der Waals surface area (Å²) in [5.41, 5.74) is 1.53. The molecule has 0 aliphatic heterocycles. The van der Waals surface area contributed by atoms with Crippen LogP contribution < -0.4 is 0 Å². The van der Waals surface area contributed by atoms with E-state index in [1.54, 1.807) is 0 Å². The van der Waals surface area contributed by atoms with Gasteiger partial charge in [0.15, 0.2) is 0 Å². The van der Waals surface area contributed by atoms with Crippen LogP contribution in [0, 0.1) is 5.92 Å². The zero-order valence-electron chi connectivity index (χ0n) is 7.39. The Kier molecular flexibility index (Phi) is 2.58. The van der Waals surface area contributed by atoms with E-state index < -0.39 is 0 Å². The van der Waals surface area contributed by atoms with E-state index in [-0.39, 0.29) is 4.32 Å². The van der Waals surface area contributed by atoms with Crippen LogP contribution in [0.4, 0.5) is 0 Å². The van der Waals surface area contributed by atoms with Crippen LogP contribution in [0.15, 0.2) is 23.8 Å². The number of halogens is 1. The molecular weight excluding hydrogens is 200 g/mol. The van der Waals surface area contributed by atoms with Crippen LogP contribution in [0.25, 0.3) is 0 Å². The summed E-state index contributed by atoms with van der Waals surface area (Å²) in [6, 6.07) is 0. The van der Waals surface area contributed by atoms with Crippen LogP contribution in [0.2, 0.25) is 0 Å². The Labute approximate surface area is 77.5 Å². The molecule has 0 spiro atoms. The first-order chi connectivity index (χ1) is 5.01. The Morgan fingerprint density at radius 1 is 1.55 bits per heavy atom. The lowest BCUT2D eigenvalue weighted by Crippen LogP contribution is -2.17. The molecular formula is C10H15Br. The molecule has 0 aromatic rings. The fourth-order valence-corrected chi connectivity index (χ4v) is 1.76. The minimum absolute atomic E-state index is 0.196. The van der Waals surface area contributed by atoms with E-state index in [1.807, 2.05) is 0 Å². The van der Waals surface area contributed by atoms with Gasteiger partial charge in [0, 0.05) is 4.32 Å². The highest BCUT2D eigenvalue weighted by Crippen LogP contribution is 2.33. The number of hydrogen-bond acceptors (Lipinski definition) is 0. The number of hydrogen-bond donors (Lipinski definition) is 0. The minimum atomic E-state index is 0.196. The first kappa shape index (κ1) is 9.05. The van der Waals surface area contributed by atoms with E-state index >= 15 is 0 Å². The van der Waals surface area contributed by atoms with E-state index in [4.69, 9.17) is 0 Å². The second-order valence-corrected chi connectivity index (χ2v) is 5.52. The van der Waals surface area contributed by atoms with Crippen LogP contribution >= 0.6 is 15.9 Å². The normalized spacial score (nSPS) is 30.8. The summed E-state index contributed by atoms with van der Waals surface area (Å²) in [7, 11) is 0. The van der Waals surface area contributed by atoms with Crippen LogP contribution in [0.5, 0.6) is 0 Å². The summed E-state index contributed by atoms with van der Waals surface area (Å²) in [4.78, 5) is 0. The number of allylic oxidation sites excluding steroid dienone is 4. The van der Waals surface area contributed by atoms with E-state index in [9.17, 15) is 0 Å². The third kappa shape index (κ3) is 2.48. The van der Waals surface area contributed by atoms with Gasteiger partial charge in [-0.2, -0.15) is 0 Å². The van der Waals surface area contributed by atoms with Gasteiger partial charge in [0.2, 0.25) is 0 Å². The molecule has 1 rings (SSSR count). The fourth-order valence-electron chi connectivity index (χ4n) is 1.29. The SMILES string of the molecule is CC(C)C1=CC=CC(C)(Br)C1. The molecule has 0 saturated heterocycles. The van der Waals surface area contributed by atoms with Crippen molar-refractivity contribution in [2.75, 3.05) is 0 Å². The molecule has 0 amide bonds. The predicted molar refractivity (Wildman–Crippen MR) is 54.0 cm³/mol. The highest BCUT2D eigenvalue weighted by molar-refractivity contribution is 9.10. The third-order valence-electron chi connectivity index (χ3n) is 2.05. The second-order valence-electron chi connectivity index (χ2n) is 3.71. The molecule has 1 aliphatic rings. The Morgan fingerprint density at radius 2 is 2.18 bits per heavy atom. The molecule has 0 nitrogen and oxygen atoms in total. The number of rotatable bonds is 1. The van der Waals surface area contributed by atoms with Gasteiger partial charge < -0.3 is 0 Å². The summed E-state index contributed by atoms with van der Waals surface area (Å²) in [6.45, 7) is 6.70. The van der Waals surface area contributed by atoms with Crippen molar-refractivity contribution in [1.29, 1.82) is 0 Å². The van der Waals surface area contributed by atoms with Gasteiger partial charge in [-0.25, -0.2) is 0 Å². The molecule has 0 heterocycles. The highest BCUT2D eigenvalue weighted by atomic mass is 79.9. The highest BCUT2D eigenvalue weighted by Gasteiger charge is 2.21. The van der Waals surface area contributed by atoms with Crippen molar-refractivity contribution in [3.05, 3.63) is 23.8 Å². The second kappa shape index (κ2) is 3.14. The smallest absolute Gasteiger partial charge is 0.0448 e. The zero-order valence-corrected chi connectivity index (χ0v) is 8.98. The molecule has 1 unspecified atom stereocenters. The number of alkyl halides is 1. The first-order valence-electron chi connectivity index (χ1n) is 4.08. The molecule has 0 saturated carbocycles. The van der Waals surface area contributed by atoms with Gasteiger partial charge in [-0.05, 0) is 19.3 Å². The molecule has 1 atom stereocenters. The van der Waals surface area contributed by atoms with Crippen molar-refractivity contribution in [3.63, 3.8) is 0 Å². The van der Waals surface area contributed by atoms with Gasteiger partial charge in [-0.15, -0.1) is 0 Å². The lowest BCUT2D eigenvalue weighted by molar-refractivity contribution is 0.660. The zero-order chi connectivity index (χ0) is 8.48. The van der Waals surface area contributed by atoms with Gasteiger partial charge in [0.1, 0.15) is 0 Å². The van der Waals surface area contributed by atoms with Gasteiger partial charge in [-0.1, -0.05) is 53.6 Å². The predicted octanol–water partition coefficient (Wildman–Crippen LogP) is 3.68. The molecule has 11 heavy (non-hydrogen) atoms. The Hall–Kier alpha value is -0.0400. The lowest BCUT2D eigenvalue weighted by atomic mass is 9.89. The Bertz CT molecular complexity index is 197. The van der Waals surface area contributed by atoms with Crippen LogP contribution in [-0.4, -0.2) is 4.32 Å². The molecule has 1 aliphatic carbocycles. The van der Waals surface area contributed by atoms with Crippen molar-refractivity contribution >= 4 is 15.9 Å². The van der Waals surface area contributed by atoms with Crippen LogP contribution in [0.1, 0.15) is 27.2 Å². The molecule has 0 aromatic heterocycles. The van der Waals surface area contributed by atoms with Crippen molar-refractivity contribution in [2.24, 2.45) is 5.92 Å². The maximum absolute atomic E-state index is 3.67. The molecule has 0 fully saturated rings. The summed E-state index contributed by atoms with van der Waals surface area (Å²) in [5.74, 6) is 0.678. The van der Waals surface area contributed by atoms with Crippen LogP contribution in [0.3, 0.4) is 0 Å². The van der Waals surface area contributed by atoms with E-state index in [0.29, 0.717) is 5.92 Å². The first-order valence-corrected chi connectivity index (χ1v) is 4.88. The molecule has 62 valence electrons. The topological polar surface area (TPSA) is 0 Å². The summed E-state index contributed by atoms with van der Waals surface area (Å²) in [5, 5.41) is 0. The molecule has 0 bridgehead atoms. The van der Waals surface area contributed by atoms with Crippen molar-refractivity contribution in [1.82, 2.24) is 0 Å². The average molecular weight is 215 g/mol. The molecule has 0 N–H and O–H groups in total. The van der Waals surface area contributed by atoms with E-state index in [0.717, 1.165) is 6.42 Å². The molecule has 1 heteroatoms. The van der Waals surface area contributed by atoms with Crippen LogP contribution in [-0.2, 0) is 0 Å². The Morgan fingerprint density at radius 3 is 2.55 bits per heavy atom. The van der Waals surface area contributed by atoms with E-state index in [1.165, 1.54) is 5.57 Å². The standard InChI is InChI=1S/C10H15Br/c1-8(2)9-5-4-6-10(3,11)7-9/h4-6,8H,7H2,1-3H3. The monoisotopic (exact) mass is 214 g/mol. The quantitative estimate of drug-likeness (QED) is 0.585. The summed E-state index contributed by atoms with van der Waals surface area (Å²) < 4.78 is 0.196. The van der Waals surface area contributed by atoms with E-state index in [2.05, 4.69) is 54.9 Å². The lowest BCUT2D eigenvalue weighted by Gasteiger charge is -2.25. The maximum atomic E-state index is 3.67.